The summed E-state index contributed by atoms with van der Waals surface area (Å²) >= 11 is 1.23. The molecule has 1 aromatic carbocycles. The van der Waals surface area contributed by atoms with Crippen LogP contribution in [0.4, 0.5) is 11.4 Å². The number of rotatable bonds is 6. The first-order valence-corrected chi connectivity index (χ1v) is 10.1. The third kappa shape index (κ3) is 4.61. The number of thiazole rings is 1. The minimum Gasteiger partial charge on any atom is -0.324 e. The zero-order valence-corrected chi connectivity index (χ0v) is 17.5. The quantitative estimate of drug-likeness (QED) is 0.477. The molecule has 3 heterocycles. The van der Waals surface area contributed by atoms with Crippen LogP contribution >= 0.6 is 11.3 Å². The van der Waals surface area contributed by atoms with Gasteiger partial charge in [-0.15, -0.1) is 11.3 Å². The molecule has 4 aromatic rings. The molecule has 2 amide bonds. The van der Waals surface area contributed by atoms with Crippen molar-refractivity contribution >= 4 is 34.5 Å². The molecule has 0 spiro atoms. The molecule has 11 heteroatoms. The summed E-state index contributed by atoms with van der Waals surface area (Å²) in [6.07, 6.45) is 6.12. The first-order chi connectivity index (χ1) is 15.0. The maximum atomic E-state index is 12.7. The number of aryl methyl sites for hydroxylation is 1. The van der Waals surface area contributed by atoms with Crippen LogP contribution in [0.2, 0.25) is 0 Å². The van der Waals surface area contributed by atoms with Crippen molar-refractivity contribution in [3.05, 3.63) is 66.0 Å². The number of nitrogens with one attached hydrogen (secondary N) is 2. The smallest absolute Gasteiger partial charge is 0.267 e. The van der Waals surface area contributed by atoms with E-state index in [1.807, 2.05) is 0 Å². The number of anilines is 2. The first-order valence-electron chi connectivity index (χ1n) is 9.32. The molecule has 31 heavy (non-hydrogen) atoms. The van der Waals surface area contributed by atoms with Crippen molar-refractivity contribution in [2.24, 2.45) is 0 Å². The summed E-state index contributed by atoms with van der Waals surface area (Å²) in [5.74, 6) is -0.0122. The Morgan fingerprint density at radius 1 is 1.06 bits per heavy atom. The molecule has 4 rings (SSSR count). The average molecular weight is 434 g/mol. The third-order valence-corrected chi connectivity index (χ3v) is 5.54. The highest BCUT2D eigenvalue weighted by Crippen LogP contribution is 2.26. The van der Waals surface area contributed by atoms with Gasteiger partial charge in [0, 0.05) is 23.8 Å². The van der Waals surface area contributed by atoms with Crippen LogP contribution in [0.25, 0.3) is 10.8 Å². The van der Waals surface area contributed by atoms with Gasteiger partial charge < -0.3 is 10.6 Å². The number of aromatic nitrogens is 6. The van der Waals surface area contributed by atoms with Gasteiger partial charge in [-0.3, -0.25) is 9.59 Å². The van der Waals surface area contributed by atoms with Crippen LogP contribution in [-0.4, -0.2) is 41.5 Å². The lowest BCUT2D eigenvalue weighted by molar-refractivity contribution is -0.119. The van der Waals surface area contributed by atoms with Crippen molar-refractivity contribution in [1.29, 1.82) is 0 Å². The molecule has 156 valence electrons. The number of hydrogen-bond donors (Lipinski definition) is 2. The lowest BCUT2D eigenvalue weighted by Gasteiger charge is -2.12. The van der Waals surface area contributed by atoms with Gasteiger partial charge in [-0.2, -0.15) is 5.10 Å². The Hall–Kier alpha value is -3.99. The number of nitrogens with zero attached hydrogens (tertiary/aromatic N) is 6. The van der Waals surface area contributed by atoms with Gasteiger partial charge in [-0.1, -0.05) is 0 Å². The predicted molar refractivity (Wildman–Crippen MR) is 116 cm³/mol. The van der Waals surface area contributed by atoms with Crippen molar-refractivity contribution in [1.82, 2.24) is 29.7 Å². The van der Waals surface area contributed by atoms with Crippen LogP contribution in [-0.2, 0) is 4.79 Å². The van der Waals surface area contributed by atoms with Crippen LogP contribution < -0.4 is 10.6 Å². The van der Waals surface area contributed by atoms with Crippen molar-refractivity contribution in [2.75, 3.05) is 10.6 Å². The fourth-order valence-corrected chi connectivity index (χ4v) is 3.63. The molecule has 2 N–H and O–H groups in total. The molecule has 0 fully saturated rings. The Labute approximate surface area is 181 Å². The van der Waals surface area contributed by atoms with E-state index in [2.05, 4.69) is 35.7 Å². The van der Waals surface area contributed by atoms with E-state index in [0.717, 1.165) is 0 Å². The van der Waals surface area contributed by atoms with Crippen molar-refractivity contribution in [2.45, 2.75) is 19.9 Å². The normalized spacial score (nSPS) is 11.7. The van der Waals surface area contributed by atoms with E-state index in [9.17, 15) is 9.59 Å². The van der Waals surface area contributed by atoms with E-state index in [1.54, 1.807) is 56.6 Å². The first kappa shape index (κ1) is 20.3. The SMILES string of the molecule is Cc1nc(-c2ncccn2)sc1C(=O)Nc1ccc(NC(=O)C(C)n2cncn2)cc1. The van der Waals surface area contributed by atoms with Gasteiger partial charge in [0.15, 0.2) is 10.8 Å². The molecule has 0 bridgehead atoms. The van der Waals surface area contributed by atoms with Crippen LogP contribution in [0.1, 0.15) is 28.3 Å². The minimum absolute atomic E-state index is 0.224. The van der Waals surface area contributed by atoms with Crippen LogP contribution in [0.5, 0.6) is 0 Å². The average Bonchev–Trinajstić information content (AvgIpc) is 3.45. The number of carbonyl (C=O) groups excluding carboxylic acids is 2. The topological polar surface area (TPSA) is 128 Å². The molecule has 1 atom stereocenters. The molecule has 0 saturated carbocycles. The van der Waals surface area contributed by atoms with E-state index in [0.29, 0.717) is 32.8 Å². The van der Waals surface area contributed by atoms with Gasteiger partial charge in [0.1, 0.15) is 23.6 Å². The largest absolute Gasteiger partial charge is 0.324 e. The summed E-state index contributed by atoms with van der Waals surface area (Å²) in [6.45, 7) is 3.50. The van der Waals surface area contributed by atoms with Crippen LogP contribution in [0.15, 0.2) is 55.4 Å². The van der Waals surface area contributed by atoms with Crippen molar-refractivity contribution in [3.63, 3.8) is 0 Å². The zero-order valence-electron chi connectivity index (χ0n) is 16.7. The fraction of sp³-hybridized carbons (Fsp3) is 0.150. The molecular weight excluding hydrogens is 416 g/mol. The number of carbonyl (C=O) groups is 2. The lowest BCUT2D eigenvalue weighted by atomic mass is 10.2. The standard InChI is InChI=1S/C20H18N8O2S/c1-12-16(31-20(25-12)17-22-8-3-9-23-17)19(30)27-15-6-4-14(5-7-15)26-18(29)13(2)28-11-21-10-24-28/h3-11,13H,1-2H3,(H,26,29)(H,27,30). The summed E-state index contributed by atoms with van der Waals surface area (Å²) in [7, 11) is 0. The second-order valence-electron chi connectivity index (χ2n) is 6.58. The summed E-state index contributed by atoms with van der Waals surface area (Å²) in [4.78, 5) is 42.1. The highest BCUT2D eigenvalue weighted by Gasteiger charge is 2.18. The van der Waals surface area contributed by atoms with E-state index < -0.39 is 6.04 Å². The van der Waals surface area contributed by atoms with Crippen LogP contribution in [0.3, 0.4) is 0 Å². The molecule has 0 saturated heterocycles. The number of benzene rings is 1. The molecule has 0 aliphatic rings. The number of hydrogen-bond acceptors (Lipinski definition) is 8. The monoisotopic (exact) mass is 434 g/mol. The van der Waals surface area contributed by atoms with Gasteiger partial charge in [-0.25, -0.2) is 24.6 Å². The van der Waals surface area contributed by atoms with Crippen molar-refractivity contribution in [3.8, 4) is 10.8 Å². The maximum absolute atomic E-state index is 12.7. The highest BCUT2D eigenvalue weighted by molar-refractivity contribution is 7.17. The van der Waals surface area contributed by atoms with Crippen molar-refractivity contribution < 1.29 is 9.59 Å². The van der Waals surface area contributed by atoms with E-state index >= 15 is 0 Å². The summed E-state index contributed by atoms with van der Waals surface area (Å²) < 4.78 is 1.47. The molecule has 3 aromatic heterocycles. The molecule has 0 aliphatic carbocycles. The van der Waals surface area contributed by atoms with E-state index in [-0.39, 0.29) is 11.8 Å². The maximum Gasteiger partial charge on any atom is 0.267 e. The Morgan fingerprint density at radius 2 is 1.74 bits per heavy atom. The van der Waals surface area contributed by atoms with E-state index in [1.165, 1.54) is 28.7 Å². The van der Waals surface area contributed by atoms with Gasteiger partial charge in [0.25, 0.3) is 5.91 Å². The second kappa shape index (κ2) is 8.79. The molecule has 0 radical (unpaired) electrons. The Balaban J connectivity index is 1.40. The Kier molecular flexibility index (Phi) is 5.76. The van der Waals surface area contributed by atoms with Crippen LogP contribution in [0, 0.1) is 6.92 Å². The van der Waals surface area contributed by atoms with Gasteiger partial charge in [0.05, 0.1) is 5.69 Å². The van der Waals surface area contributed by atoms with Gasteiger partial charge >= 0.3 is 0 Å². The van der Waals surface area contributed by atoms with Gasteiger partial charge in [0.2, 0.25) is 5.91 Å². The highest BCUT2D eigenvalue weighted by atomic mass is 32.1. The summed E-state index contributed by atoms with van der Waals surface area (Å²) in [5, 5.41) is 10.2. The van der Waals surface area contributed by atoms with E-state index in [4.69, 9.17) is 0 Å². The zero-order chi connectivity index (χ0) is 21.8. The minimum atomic E-state index is -0.501. The third-order valence-electron chi connectivity index (χ3n) is 4.38. The molecular formula is C20H18N8O2S. The fourth-order valence-electron chi connectivity index (χ4n) is 2.72. The molecule has 0 aliphatic heterocycles. The predicted octanol–water partition coefficient (Wildman–Crippen LogP) is 2.95. The van der Waals surface area contributed by atoms with Gasteiger partial charge in [-0.05, 0) is 44.2 Å². The summed E-state index contributed by atoms with van der Waals surface area (Å²) in [6, 6.07) is 8.07. The Bertz CT molecular complexity index is 1190. The summed E-state index contributed by atoms with van der Waals surface area (Å²) in [5.41, 5.74) is 1.81. The second-order valence-corrected chi connectivity index (χ2v) is 7.58. The lowest BCUT2D eigenvalue weighted by Crippen LogP contribution is -2.24. The molecule has 10 nitrogen and oxygen atoms in total. The number of amides is 2. The Morgan fingerprint density at radius 3 is 2.39 bits per heavy atom. The molecule has 1 unspecified atom stereocenters.